The van der Waals surface area contributed by atoms with Gasteiger partial charge in [0.15, 0.2) is 0 Å². The molecule has 0 aliphatic heterocycles. The lowest BCUT2D eigenvalue weighted by Gasteiger charge is -2.32. The van der Waals surface area contributed by atoms with Gasteiger partial charge in [-0.15, -0.1) is 0 Å². The summed E-state index contributed by atoms with van der Waals surface area (Å²) >= 11 is 1.70. The van der Waals surface area contributed by atoms with Gasteiger partial charge in [0, 0.05) is 26.8 Å². The van der Waals surface area contributed by atoms with Crippen molar-refractivity contribution in [2.24, 2.45) is 11.8 Å². The van der Waals surface area contributed by atoms with Gasteiger partial charge in [0.05, 0.1) is 0 Å². The maximum atomic E-state index is 10.9. The number of hydrogen-bond donors (Lipinski definition) is 8. The van der Waals surface area contributed by atoms with Crippen LogP contribution in [0.2, 0.25) is 0 Å². The molecule has 9 heteroatoms. The summed E-state index contributed by atoms with van der Waals surface area (Å²) in [5.74, 6) is 5.34. The molecule has 0 unspecified atom stereocenters. The topological polar surface area (TPSA) is 162 Å². The molecule has 122 heavy (non-hydrogen) atoms. The molecule has 0 amide bonds. The van der Waals surface area contributed by atoms with Crippen molar-refractivity contribution in [1.82, 2.24) is 0 Å². The molecule has 9 rings (SSSR count). The minimum atomic E-state index is -0.130. The summed E-state index contributed by atoms with van der Waals surface area (Å²) in [6, 6.07) is 33.0. The number of benzene rings is 8. The second-order valence-corrected chi connectivity index (χ2v) is 46.4. The van der Waals surface area contributed by atoms with Crippen LogP contribution in [0, 0.1) is 53.4 Å². The van der Waals surface area contributed by atoms with Gasteiger partial charge in [0.1, 0.15) is 46.0 Å². The number of phenols is 8. The molecule has 8 N–H and O–H groups in total. The van der Waals surface area contributed by atoms with Gasteiger partial charge in [0.25, 0.3) is 0 Å². The Bertz CT molecular complexity index is 4350. The van der Waals surface area contributed by atoms with Gasteiger partial charge >= 0.3 is 0 Å². The Labute approximate surface area is 752 Å². The van der Waals surface area contributed by atoms with E-state index in [2.05, 4.69) is 310 Å². The Morgan fingerprint density at radius 2 is 0.533 bits per heavy atom. The molecule has 0 saturated heterocycles. The zero-order chi connectivity index (χ0) is 90.8. The third-order valence-corrected chi connectivity index (χ3v) is 25.2. The van der Waals surface area contributed by atoms with Crippen LogP contribution in [0.4, 0.5) is 0 Å². The predicted octanol–water partition coefficient (Wildman–Crippen LogP) is 33.2. The van der Waals surface area contributed by atoms with E-state index in [0.717, 1.165) is 118 Å². The third-order valence-electron chi connectivity index (χ3n) is 23.9. The molecule has 1 aliphatic rings. The zero-order valence-electron chi connectivity index (χ0n) is 81.5. The van der Waals surface area contributed by atoms with E-state index in [0.29, 0.717) is 57.8 Å². The lowest BCUT2D eigenvalue weighted by atomic mass is 9.73. The Morgan fingerprint density at radius 1 is 0.295 bits per heavy atom. The molecule has 1 fully saturated rings. The normalized spacial score (nSPS) is 14.2. The molecule has 1 aliphatic carbocycles. The smallest absolute Gasteiger partial charge is 0.123 e. The predicted molar refractivity (Wildman–Crippen MR) is 535 cm³/mol. The number of aromatic hydroxyl groups is 8. The van der Waals surface area contributed by atoms with E-state index in [1.807, 2.05) is 64.1 Å². The van der Waals surface area contributed by atoms with Crippen LogP contribution >= 0.6 is 11.8 Å². The van der Waals surface area contributed by atoms with Crippen LogP contribution in [-0.2, 0) is 67.0 Å². The van der Waals surface area contributed by atoms with Crippen molar-refractivity contribution in [3.8, 4) is 46.0 Å². The summed E-state index contributed by atoms with van der Waals surface area (Å²) in [6.45, 7) is 85.5. The van der Waals surface area contributed by atoms with E-state index in [1.165, 1.54) is 65.5 Å². The quantitative estimate of drug-likeness (QED) is 0.0666. The van der Waals surface area contributed by atoms with Crippen LogP contribution in [0.25, 0.3) is 0 Å². The van der Waals surface area contributed by atoms with Crippen molar-refractivity contribution in [2.75, 3.05) is 0 Å². The van der Waals surface area contributed by atoms with E-state index in [-0.39, 0.29) is 89.8 Å². The highest BCUT2D eigenvalue weighted by molar-refractivity contribution is 7.99. The second kappa shape index (κ2) is 42.2. The summed E-state index contributed by atoms with van der Waals surface area (Å²) in [6.07, 6.45) is 8.45. The largest absolute Gasteiger partial charge is 0.508 e. The lowest BCUT2D eigenvalue weighted by molar-refractivity contribution is 0.318. The van der Waals surface area contributed by atoms with E-state index in [9.17, 15) is 40.9 Å². The molecule has 0 radical (unpaired) electrons. The molecule has 8 aromatic rings. The summed E-state index contributed by atoms with van der Waals surface area (Å²) in [7, 11) is 0. The Hall–Kier alpha value is -7.49. The Balaban J connectivity index is 0.000000762. The number of aryl methyl sites for hydroxylation is 7. The summed E-state index contributed by atoms with van der Waals surface area (Å²) in [5.41, 5.74) is 23.6. The summed E-state index contributed by atoms with van der Waals surface area (Å²) in [5, 5.41) is 83.7. The fourth-order valence-corrected chi connectivity index (χ4v) is 17.3. The van der Waals surface area contributed by atoms with Crippen LogP contribution in [0.5, 0.6) is 46.0 Å². The first-order chi connectivity index (χ1) is 53.4. The number of phenolic OH excluding ortho intramolecular Hbond substituents is 8. The number of rotatable bonds is 10. The van der Waals surface area contributed by atoms with Gasteiger partial charge in [-0.05, 0) is 312 Å². The molecule has 8 nitrogen and oxygen atoms in total. The summed E-state index contributed by atoms with van der Waals surface area (Å²) in [4.78, 5) is 2.27. The third kappa shape index (κ3) is 29.3. The standard InChI is InChI=1S/C26H38O2.C23H32O2.C22H30O2S.C22H36O.C16H26O.4CH4/c1-15(2)24(18-13-20(25(5,6)7)22(27)11-16(18)3)19-14-21(26(8,9)10)23(28)12-17(19)4;1-14-9-20(24)18(22(3,4)5)12-16(14)11-17-13-19(23(6,7)8)21(25)10-15(17)2;1-13-9-17(23)15(21(3,4)5)11-19(13)25-20-12-16(22(6,7)8)18(24)10-14(20)2;1-8-15-9-11-16(12-10-15)17-13-18(21(2,3)4)20(23)19(14-17)22(5,6)7;1-8-11-9-12(15(2,3)4)14(17)13(10-11)16(5,6)7;;;;/h11-15,24,27-28H,1-10H3;9-10,12-13,24-25H,11H2,1-8H3;9-12,23-24H,1-8H3;13-16,23H,8-12H2,1-7H3;9-10,17H,8H2,1-7H3;4*1H4. The van der Waals surface area contributed by atoms with E-state index < -0.39 is 0 Å². The van der Waals surface area contributed by atoms with Gasteiger partial charge < -0.3 is 40.9 Å². The lowest BCUT2D eigenvalue weighted by Crippen LogP contribution is -2.19. The van der Waals surface area contributed by atoms with Crippen molar-refractivity contribution in [3.63, 3.8) is 0 Å². The molecule has 1 saturated carbocycles. The molecule has 0 atom stereocenters. The summed E-state index contributed by atoms with van der Waals surface area (Å²) < 4.78 is 0. The van der Waals surface area contributed by atoms with Gasteiger partial charge in [-0.2, -0.15) is 0 Å². The Kier molecular flexibility index (Phi) is 38.9. The average Bonchev–Trinajstić information content (AvgIpc) is 0.747. The highest BCUT2D eigenvalue weighted by atomic mass is 32.2. The van der Waals surface area contributed by atoms with Gasteiger partial charge in [-0.3, -0.25) is 0 Å². The highest BCUT2D eigenvalue weighted by Crippen LogP contribution is 2.50. The zero-order valence-corrected chi connectivity index (χ0v) is 82.3. The molecular weight excluding hydrogens is 1520 g/mol. The van der Waals surface area contributed by atoms with Crippen LogP contribution in [-0.4, -0.2) is 40.9 Å². The van der Waals surface area contributed by atoms with Crippen molar-refractivity contribution in [1.29, 1.82) is 0 Å². The fraction of sp³-hybridized carbons (Fsp3) is 0.575. The van der Waals surface area contributed by atoms with Crippen molar-refractivity contribution in [2.45, 2.75) is 427 Å². The molecule has 0 heterocycles. The minimum absolute atomic E-state index is 0. The van der Waals surface area contributed by atoms with Crippen LogP contribution < -0.4 is 0 Å². The van der Waals surface area contributed by atoms with Crippen LogP contribution in [0.15, 0.2) is 107 Å². The first-order valence-electron chi connectivity index (χ1n) is 43.8. The maximum Gasteiger partial charge on any atom is 0.123 e. The maximum absolute atomic E-state index is 10.9. The molecule has 0 bridgehead atoms. The van der Waals surface area contributed by atoms with E-state index in [1.54, 1.807) is 11.8 Å². The molecule has 684 valence electrons. The minimum Gasteiger partial charge on any atom is -0.508 e. The molecule has 8 aromatic carbocycles. The van der Waals surface area contributed by atoms with E-state index >= 15 is 0 Å². The van der Waals surface area contributed by atoms with Crippen LogP contribution in [0.1, 0.15) is 431 Å². The molecular formula is C113H178O8S. The van der Waals surface area contributed by atoms with Crippen LogP contribution in [0.3, 0.4) is 0 Å². The second-order valence-electron chi connectivity index (χ2n) is 45.3. The number of hydrogen-bond acceptors (Lipinski definition) is 9. The van der Waals surface area contributed by atoms with E-state index in [4.69, 9.17) is 0 Å². The highest BCUT2D eigenvalue weighted by Gasteiger charge is 2.34. The fourth-order valence-electron chi connectivity index (χ4n) is 16.3. The van der Waals surface area contributed by atoms with Gasteiger partial charge in [-0.25, -0.2) is 0 Å². The average molecular weight is 1700 g/mol. The van der Waals surface area contributed by atoms with Gasteiger partial charge in [-0.1, -0.05) is 332 Å². The van der Waals surface area contributed by atoms with Crippen molar-refractivity contribution in [3.05, 3.63) is 219 Å². The van der Waals surface area contributed by atoms with Crippen molar-refractivity contribution < 1.29 is 40.9 Å². The van der Waals surface area contributed by atoms with Gasteiger partial charge in [0.2, 0.25) is 0 Å². The Morgan fingerprint density at radius 3 is 0.779 bits per heavy atom. The van der Waals surface area contributed by atoms with Crippen molar-refractivity contribution >= 4 is 11.8 Å². The molecule has 0 spiro atoms. The monoisotopic (exact) mass is 1700 g/mol. The first kappa shape index (κ1) is 113. The molecule has 0 aromatic heterocycles. The SMILES string of the molecule is C.C.C.C.CCC1CCC(c2cc(C(C)(C)C)c(O)c(C(C)(C)C)c2)CC1.CCc1cc(C(C)(C)C)c(O)c(C(C)(C)C)c1.Cc1cc(O)c(C(C)(C)C)cc1C(c1cc(C(C)(C)C)c(O)cc1C)C(C)C.Cc1cc(O)c(C(C)(C)C)cc1Cc1cc(C(C)(C)C)c(O)cc1C.Cc1cc(O)c(C(C)(C)C)cc1Sc1cc(C(C)(C)C)c(O)cc1C. The first-order valence-corrected chi connectivity index (χ1v) is 44.6.